The first-order valence-electron chi connectivity index (χ1n) is 7.79. The van der Waals surface area contributed by atoms with E-state index in [1.54, 1.807) is 0 Å². The minimum atomic E-state index is -0.0283. The van der Waals surface area contributed by atoms with E-state index in [0.717, 1.165) is 53.0 Å². The lowest BCUT2D eigenvalue weighted by molar-refractivity contribution is 0.283. The van der Waals surface area contributed by atoms with Gasteiger partial charge in [0.15, 0.2) is 5.65 Å². The Morgan fingerprint density at radius 1 is 1.14 bits per heavy atom. The number of aromatic amines is 1. The standard InChI is InChI=1S/C18H21N3O/c1-3-4-10-15-20-17-14(11-22)16(12(2)19-18(17)21-15)13-8-6-5-7-9-13/h5-9,22H,3-4,10-11H2,1-2H3,(H,19,20,21). The third-order valence-corrected chi connectivity index (χ3v) is 3.96. The lowest BCUT2D eigenvalue weighted by atomic mass is 9.98. The summed E-state index contributed by atoms with van der Waals surface area (Å²) in [5.74, 6) is 0.948. The van der Waals surface area contributed by atoms with Gasteiger partial charge in [-0.3, -0.25) is 0 Å². The predicted octanol–water partition coefficient (Wildman–Crippen LogP) is 3.77. The van der Waals surface area contributed by atoms with Crippen LogP contribution in [0, 0.1) is 6.92 Å². The molecule has 0 saturated carbocycles. The number of hydrogen-bond donors (Lipinski definition) is 2. The van der Waals surface area contributed by atoms with E-state index in [1.807, 2.05) is 37.3 Å². The van der Waals surface area contributed by atoms with Crippen LogP contribution in [0.4, 0.5) is 0 Å². The summed E-state index contributed by atoms with van der Waals surface area (Å²) in [7, 11) is 0. The van der Waals surface area contributed by atoms with Gasteiger partial charge in [0.2, 0.25) is 0 Å². The number of imidazole rings is 1. The number of benzene rings is 1. The van der Waals surface area contributed by atoms with Crippen molar-refractivity contribution in [2.24, 2.45) is 0 Å². The van der Waals surface area contributed by atoms with Crippen molar-refractivity contribution in [3.63, 3.8) is 0 Å². The van der Waals surface area contributed by atoms with Gasteiger partial charge in [0, 0.05) is 23.2 Å². The van der Waals surface area contributed by atoms with Crippen LogP contribution in [-0.4, -0.2) is 20.1 Å². The van der Waals surface area contributed by atoms with Crippen molar-refractivity contribution in [3.05, 3.63) is 47.4 Å². The fraction of sp³-hybridized carbons (Fsp3) is 0.333. The topological polar surface area (TPSA) is 61.8 Å². The average Bonchev–Trinajstić information content (AvgIpc) is 2.94. The van der Waals surface area contributed by atoms with Crippen molar-refractivity contribution >= 4 is 11.2 Å². The van der Waals surface area contributed by atoms with Crippen molar-refractivity contribution < 1.29 is 5.11 Å². The first-order chi connectivity index (χ1) is 10.7. The summed E-state index contributed by atoms with van der Waals surface area (Å²) in [5.41, 5.74) is 5.41. The molecule has 22 heavy (non-hydrogen) atoms. The molecule has 0 aliphatic rings. The zero-order chi connectivity index (χ0) is 15.5. The van der Waals surface area contributed by atoms with Gasteiger partial charge in [0.1, 0.15) is 5.82 Å². The highest BCUT2D eigenvalue weighted by Crippen LogP contribution is 2.31. The quantitative estimate of drug-likeness (QED) is 0.753. The van der Waals surface area contributed by atoms with Gasteiger partial charge in [0.05, 0.1) is 12.1 Å². The van der Waals surface area contributed by atoms with E-state index in [1.165, 1.54) is 0 Å². The summed E-state index contributed by atoms with van der Waals surface area (Å²) >= 11 is 0. The maximum absolute atomic E-state index is 9.91. The number of pyridine rings is 1. The van der Waals surface area contributed by atoms with Crippen molar-refractivity contribution in [2.45, 2.75) is 39.7 Å². The fourth-order valence-corrected chi connectivity index (χ4v) is 2.87. The molecule has 0 unspecified atom stereocenters. The molecule has 2 N–H and O–H groups in total. The van der Waals surface area contributed by atoms with Crippen LogP contribution in [0.5, 0.6) is 0 Å². The molecule has 0 spiro atoms. The number of aliphatic hydroxyl groups excluding tert-OH is 1. The molecular weight excluding hydrogens is 274 g/mol. The second-order valence-electron chi connectivity index (χ2n) is 5.56. The molecule has 0 radical (unpaired) electrons. The molecule has 0 fully saturated rings. The zero-order valence-corrected chi connectivity index (χ0v) is 13.1. The van der Waals surface area contributed by atoms with Gasteiger partial charge in [-0.1, -0.05) is 43.7 Å². The Balaban J connectivity index is 2.18. The van der Waals surface area contributed by atoms with Gasteiger partial charge in [-0.2, -0.15) is 0 Å². The average molecular weight is 295 g/mol. The number of rotatable bonds is 5. The molecule has 3 aromatic rings. The lowest BCUT2D eigenvalue weighted by Gasteiger charge is -2.11. The molecule has 0 atom stereocenters. The minimum absolute atomic E-state index is 0.0283. The molecule has 4 nitrogen and oxygen atoms in total. The molecule has 0 amide bonds. The summed E-state index contributed by atoms with van der Waals surface area (Å²) in [4.78, 5) is 12.6. The van der Waals surface area contributed by atoms with E-state index < -0.39 is 0 Å². The van der Waals surface area contributed by atoms with Crippen LogP contribution in [0.15, 0.2) is 30.3 Å². The monoisotopic (exact) mass is 295 g/mol. The maximum Gasteiger partial charge on any atom is 0.178 e. The summed E-state index contributed by atoms with van der Waals surface area (Å²) in [6, 6.07) is 10.1. The van der Waals surface area contributed by atoms with Gasteiger partial charge in [-0.05, 0) is 18.9 Å². The van der Waals surface area contributed by atoms with Crippen molar-refractivity contribution in [1.29, 1.82) is 0 Å². The van der Waals surface area contributed by atoms with Gasteiger partial charge >= 0.3 is 0 Å². The van der Waals surface area contributed by atoms with E-state index in [9.17, 15) is 5.11 Å². The molecular formula is C18H21N3O. The number of nitrogens with one attached hydrogen (secondary N) is 1. The van der Waals surface area contributed by atoms with Crippen molar-refractivity contribution in [3.8, 4) is 11.1 Å². The van der Waals surface area contributed by atoms with Gasteiger partial charge in [-0.25, -0.2) is 9.97 Å². The molecule has 2 heterocycles. The number of hydrogen-bond acceptors (Lipinski definition) is 3. The van der Waals surface area contributed by atoms with Crippen LogP contribution in [0.25, 0.3) is 22.3 Å². The van der Waals surface area contributed by atoms with E-state index in [-0.39, 0.29) is 6.61 Å². The number of aromatic nitrogens is 3. The molecule has 0 aliphatic heterocycles. The van der Waals surface area contributed by atoms with E-state index >= 15 is 0 Å². The molecule has 0 bridgehead atoms. The number of unbranched alkanes of at least 4 members (excludes halogenated alkanes) is 1. The molecule has 0 aliphatic carbocycles. The highest BCUT2D eigenvalue weighted by molar-refractivity contribution is 5.85. The minimum Gasteiger partial charge on any atom is -0.392 e. The molecule has 2 aromatic heterocycles. The van der Waals surface area contributed by atoms with Crippen LogP contribution in [0.1, 0.15) is 36.8 Å². The Labute approximate surface area is 130 Å². The van der Waals surface area contributed by atoms with Gasteiger partial charge in [0.25, 0.3) is 0 Å². The smallest absolute Gasteiger partial charge is 0.178 e. The second-order valence-corrected chi connectivity index (χ2v) is 5.56. The molecule has 114 valence electrons. The van der Waals surface area contributed by atoms with E-state index in [2.05, 4.69) is 21.9 Å². The van der Waals surface area contributed by atoms with E-state index in [4.69, 9.17) is 0 Å². The number of fused-ring (bicyclic) bond motifs is 1. The first kappa shape index (κ1) is 14.7. The SMILES string of the molecule is CCCCc1nc2nc(C)c(-c3ccccc3)c(CO)c2[nH]1. The van der Waals surface area contributed by atoms with Gasteiger partial charge < -0.3 is 10.1 Å². The normalized spacial score (nSPS) is 11.2. The first-order valence-corrected chi connectivity index (χ1v) is 7.79. The van der Waals surface area contributed by atoms with Crippen LogP contribution in [0.2, 0.25) is 0 Å². The maximum atomic E-state index is 9.91. The summed E-state index contributed by atoms with van der Waals surface area (Å²) in [5, 5.41) is 9.91. The van der Waals surface area contributed by atoms with E-state index in [0.29, 0.717) is 5.65 Å². The number of aryl methyl sites for hydroxylation is 2. The third kappa shape index (κ3) is 2.62. The van der Waals surface area contributed by atoms with Crippen LogP contribution >= 0.6 is 0 Å². The molecule has 0 saturated heterocycles. The number of H-pyrrole nitrogens is 1. The lowest BCUT2D eigenvalue weighted by Crippen LogP contribution is -1.98. The Hall–Kier alpha value is -2.20. The molecule has 3 rings (SSSR count). The third-order valence-electron chi connectivity index (χ3n) is 3.96. The second kappa shape index (κ2) is 6.28. The summed E-state index contributed by atoms with van der Waals surface area (Å²) in [6.45, 7) is 4.11. The van der Waals surface area contributed by atoms with Gasteiger partial charge in [-0.15, -0.1) is 0 Å². The highest BCUT2D eigenvalue weighted by Gasteiger charge is 2.16. The fourth-order valence-electron chi connectivity index (χ4n) is 2.87. The number of nitrogens with zero attached hydrogens (tertiary/aromatic N) is 2. The zero-order valence-electron chi connectivity index (χ0n) is 13.1. The van der Waals surface area contributed by atoms with Crippen molar-refractivity contribution in [2.75, 3.05) is 0 Å². The largest absolute Gasteiger partial charge is 0.392 e. The van der Waals surface area contributed by atoms with Crippen LogP contribution < -0.4 is 0 Å². The predicted molar refractivity (Wildman–Crippen MR) is 88.6 cm³/mol. The molecule has 1 aromatic carbocycles. The highest BCUT2D eigenvalue weighted by atomic mass is 16.3. The Kier molecular flexibility index (Phi) is 4.20. The molecule has 4 heteroatoms. The Morgan fingerprint density at radius 2 is 1.91 bits per heavy atom. The van der Waals surface area contributed by atoms with Crippen molar-refractivity contribution in [1.82, 2.24) is 15.0 Å². The van der Waals surface area contributed by atoms with Crippen LogP contribution in [0.3, 0.4) is 0 Å². The Morgan fingerprint density at radius 3 is 2.59 bits per heavy atom. The van der Waals surface area contributed by atoms with Crippen LogP contribution in [-0.2, 0) is 13.0 Å². The Bertz CT molecular complexity index is 778. The summed E-state index contributed by atoms with van der Waals surface area (Å²) < 4.78 is 0. The number of aliphatic hydroxyl groups is 1. The summed E-state index contributed by atoms with van der Waals surface area (Å²) in [6.07, 6.45) is 3.14.